The van der Waals surface area contributed by atoms with Crippen molar-refractivity contribution in [1.29, 1.82) is 0 Å². The largest absolute Gasteiger partial charge is 0.453 e. The van der Waals surface area contributed by atoms with Gasteiger partial charge in [0.2, 0.25) is 11.8 Å². The molecule has 2 aliphatic rings. The average Bonchev–Trinajstić information content (AvgIpc) is 4.16. The molecule has 3 aromatic heterocycles. The number of hydrogen-bond acceptors (Lipinski definition) is 8. The molecule has 0 spiro atoms. The van der Waals surface area contributed by atoms with Gasteiger partial charge in [-0.1, -0.05) is 98.8 Å². The molecule has 8 rings (SSSR count). The molecule has 0 unspecified atom stereocenters. The van der Waals surface area contributed by atoms with Gasteiger partial charge in [0.25, 0.3) is 0 Å². The quantitative estimate of drug-likeness (QED) is 0.0939. The van der Waals surface area contributed by atoms with E-state index in [0.717, 1.165) is 101 Å². The lowest BCUT2D eigenvalue weighted by Gasteiger charge is -2.34. The van der Waals surface area contributed by atoms with Crippen molar-refractivity contribution in [2.24, 2.45) is 0 Å². The van der Waals surface area contributed by atoms with E-state index in [9.17, 15) is 14.4 Å². The topological polar surface area (TPSA) is 140 Å². The zero-order valence-corrected chi connectivity index (χ0v) is 35.9. The van der Waals surface area contributed by atoms with E-state index in [1.165, 1.54) is 7.11 Å². The van der Waals surface area contributed by atoms with Gasteiger partial charge in [-0.3, -0.25) is 14.5 Å². The fourth-order valence-corrected chi connectivity index (χ4v) is 9.73. The molecule has 4 atom stereocenters. The highest BCUT2D eigenvalue weighted by Gasteiger charge is 2.38. The van der Waals surface area contributed by atoms with Gasteiger partial charge in [0.1, 0.15) is 17.7 Å². The highest BCUT2D eigenvalue weighted by molar-refractivity contribution is 7.09. The number of thiophene rings is 1. The molecule has 5 heterocycles. The van der Waals surface area contributed by atoms with Crippen LogP contribution in [0, 0.1) is 0 Å². The van der Waals surface area contributed by atoms with Crippen molar-refractivity contribution in [3.05, 3.63) is 131 Å². The molecule has 13 heteroatoms. The fraction of sp³-hybridized carbons (Fsp3) is 0.354. The van der Waals surface area contributed by atoms with Crippen LogP contribution in [0.15, 0.2) is 109 Å². The zero-order valence-electron chi connectivity index (χ0n) is 35.1. The van der Waals surface area contributed by atoms with Gasteiger partial charge < -0.3 is 29.8 Å². The van der Waals surface area contributed by atoms with Crippen molar-refractivity contribution in [2.45, 2.75) is 76.5 Å². The number of likely N-dealkylation sites (tertiary alicyclic amines) is 2. The number of H-pyrrole nitrogens is 2. The smallest absolute Gasteiger partial charge is 0.407 e. The van der Waals surface area contributed by atoms with Crippen molar-refractivity contribution < 1.29 is 19.1 Å². The van der Waals surface area contributed by atoms with Crippen molar-refractivity contribution in [1.82, 2.24) is 40.0 Å². The minimum atomic E-state index is -0.542. The number of amides is 3. The number of aromatic amines is 2. The predicted molar refractivity (Wildman–Crippen MR) is 238 cm³/mol. The molecule has 2 fully saturated rings. The van der Waals surface area contributed by atoms with Crippen LogP contribution in [0.5, 0.6) is 0 Å². The lowest BCUT2D eigenvalue weighted by Crippen LogP contribution is -2.43. The Balaban J connectivity index is 0.907. The number of alkyl carbamates (subject to hydrolysis) is 1. The lowest BCUT2D eigenvalue weighted by atomic mass is 10.0. The third kappa shape index (κ3) is 9.33. The molecule has 3 N–H and O–H groups in total. The van der Waals surface area contributed by atoms with Crippen LogP contribution < -0.4 is 5.32 Å². The molecule has 3 amide bonds. The number of carbonyl (C=O) groups is 3. The Morgan fingerprint density at radius 1 is 0.770 bits per heavy atom. The molecule has 0 bridgehead atoms. The average molecular weight is 839 g/mol. The summed E-state index contributed by atoms with van der Waals surface area (Å²) in [7, 11) is 1.33. The maximum Gasteiger partial charge on any atom is 0.407 e. The van der Waals surface area contributed by atoms with Crippen molar-refractivity contribution >= 4 is 29.2 Å². The number of imidazole rings is 2. The second-order valence-electron chi connectivity index (χ2n) is 15.8. The van der Waals surface area contributed by atoms with Crippen LogP contribution in [0.25, 0.3) is 33.6 Å². The number of nitrogens with zero attached hydrogens (tertiary/aromatic N) is 5. The summed E-state index contributed by atoms with van der Waals surface area (Å²) in [5, 5.41) is 4.84. The molecule has 2 aliphatic heterocycles. The van der Waals surface area contributed by atoms with E-state index in [-0.39, 0.29) is 42.4 Å². The summed E-state index contributed by atoms with van der Waals surface area (Å²) in [5.41, 5.74) is 7.06. The lowest BCUT2D eigenvalue weighted by molar-refractivity contribution is -0.138. The maximum absolute atomic E-state index is 14.2. The van der Waals surface area contributed by atoms with E-state index >= 15 is 0 Å². The van der Waals surface area contributed by atoms with Crippen LogP contribution in [-0.4, -0.2) is 91.9 Å². The van der Waals surface area contributed by atoms with Gasteiger partial charge in [0, 0.05) is 36.9 Å². The van der Waals surface area contributed by atoms with Crippen LogP contribution in [0.4, 0.5) is 4.79 Å². The molecular formula is C48H54N8O4S. The number of carbonyl (C=O) groups excluding carboxylic acids is 3. The Hall–Kier alpha value is -6.05. The Morgan fingerprint density at radius 3 is 1.87 bits per heavy atom. The van der Waals surface area contributed by atoms with Gasteiger partial charge >= 0.3 is 6.09 Å². The Labute approximate surface area is 361 Å². The SMILES string of the molecule is CCN(CC)[C@@H](C(=O)N1CCC[C@H]1c1ncc(-c2ccc(-c3ccc(-c4cnc([C@@H]5CCCN5C(=O)C[C@@H](Cc5cccs5)NC(=O)OC)[nH]4)cc3)cc2)[nH]1)c1ccccc1. The number of rotatable bonds is 15. The first-order valence-corrected chi connectivity index (χ1v) is 22.3. The van der Waals surface area contributed by atoms with E-state index in [1.807, 2.05) is 57.9 Å². The van der Waals surface area contributed by atoms with E-state index in [0.29, 0.717) is 13.0 Å². The number of aromatic nitrogens is 4. The van der Waals surface area contributed by atoms with E-state index < -0.39 is 6.09 Å². The number of ether oxygens (including phenoxy) is 1. The second-order valence-corrected chi connectivity index (χ2v) is 16.8. The summed E-state index contributed by atoms with van der Waals surface area (Å²) in [4.78, 5) is 63.8. The van der Waals surface area contributed by atoms with Crippen molar-refractivity contribution in [3.63, 3.8) is 0 Å². The number of nitrogens with one attached hydrogen (secondary N) is 3. The highest BCUT2D eigenvalue weighted by Crippen LogP contribution is 2.37. The van der Waals surface area contributed by atoms with Crippen LogP contribution >= 0.6 is 11.3 Å². The molecule has 12 nitrogen and oxygen atoms in total. The van der Waals surface area contributed by atoms with Crippen molar-refractivity contribution in [2.75, 3.05) is 33.3 Å². The maximum atomic E-state index is 14.2. The normalized spacial score (nSPS) is 17.4. The first kappa shape index (κ1) is 41.7. The Morgan fingerprint density at radius 2 is 1.33 bits per heavy atom. The summed E-state index contributed by atoms with van der Waals surface area (Å²) < 4.78 is 4.84. The molecule has 6 aromatic rings. The van der Waals surface area contributed by atoms with Crippen LogP contribution in [0.1, 0.15) is 86.2 Å². The third-order valence-corrected chi connectivity index (χ3v) is 13.0. The van der Waals surface area contributed by atoms with Crippen LogP contribution in [0.3, 0.4) is 0 Å². The summed E-state index contributed by atoms with van der Waals surface area (Å²) >= 11 is 1.60. The van der Waals surface area contributed by atoms with Gasteiger partial charge in [0.15, 0.2) is 0 Å². The van der Waals surface area contributed by atoms with Gasteiger partial charge in [-0.15, -0.1) is 11.3 Å². The van der Waals surface area contributed by atoms with Gasteiger partial charge in [-0.25, -0.2) is 14.8 Å². The molecule has 316 valence electrons. The van der Waals surface area contributed by atoms with Crippen molar-refractivity contribution in [3.8, 4) is 33.6 Å². The van der Waals surface area contributed by atoms with Gasteiger partial charge in [-0.2, -0.15) is 0 Å². The number of benzene rings is 3. The van der Waals surface area contributed by atoms with Crippen LogP contribution in [-0.2, 0) is 20.7 Å². The Bertz CT molecular complexity index is 2370. The number of likely N-dealkylation sites (N-methyl/N-ethyl adjacent to an activating group) is 1. The zero-order chi connectivity index (χ0) is 42.3. The third-order valence-electron chi connectivity index (χ3n) is 12.1. The summed E-state index contributed by atoms with van der Waals surface area (Å²) in [6, 6.07) is 30.0. The molecular weight excluding hydrogens is 785 g/mol. The first-order chi connectivity index (χ1) is 29.8. The van der Waals surface area contributed by atoms with E-state index in [4.69, 9.17) is 14.7 Å². The first-order valence-electron chi connectivity index (χ1n) is 21.4. The van der Waals surface area contributed by atoms with E-state index in [1.54, 1.807) is 11.3 Å². The standard InChI is InChI=1S/C48H54N8O4S/c1-4-54(5-2)44(36-12-7-6-8-13-36)47(58)56-26-10-16-42(56)46-50-31-40(53-46)35-23-19-33(20-24-35)32-17-21-34(22-18-32)39-30-49-45(52-39)41-15-9-25-55(41)43(57)29-37(51-48(59)60-3)28-38-14-11-27-61-38/h6-8,11-14,17-24,27,30-31,37,41-42,44H,4-5,9-10,15-16,25-26,28-29H2,1-3H3,(H,49,52)(H,50,53)(H,51,59)/t37-,41+,42+,44-/m1/s1. The Kier molecular flexibility index (Phi) is 13.1. The minimum Gasteiger partial charge on any atom is -0.453 e. The molecule has 61 heavy (non-hydrogen) atoms. The molecule has 2 saturated heterocycles. The molecule has 3 aromatic carbocycles. The fourth-order valence-electron chi connectivity index (χ4n) is 8.94. The van der Waals surface area contributed by atoms with Gasteiger partial charge in [-0.05, 0) is 78.0 Å². The highest BCUT2D eigenvalue weighted by atomic mass is 32.1. The van der Waals surface area contributed by atoms with Crippen LogP contribution in [0.2, 0.25) is 0 Å². The summed E-state index contributed by atoms with van der Waals surface area (Å²) in [6.07, 6.45) is 7.43. The molecule has 0 aliphatic carbocycles. The summed E-state index contributed by atoms with van der Waals surface area (Å²) in [6.45, 7) is 7.17. The number of methoxy groups -OCH3 is 1. The molecule has 0 radical (unpaired) electrons. The monoisotopic (exact) mass is 838 g/mol. The number of hydrogen-bond donors (Lipinski definition) is 3. The molecule has 0 saturated carbocycles. The van der Waals surface area contributed by atoms with Gasteiger partial charge in [0.05, 0.1) is 43.0 Å². The second kappa shape index (κ2) is 19.1. The summed E-state index contributed by atoms with van der Waals surface area (Å²) in [5.74, 6) is 1.71. The predicted octanol–water partition coefficient (Wildman–Crippen LogP) is 8.96. The minimum absolute atomic E-state index is 0.0164. The van der Waals surface area contributed by atoms with E-state index in [2.05, 4.69) is 94.7 Å².